The van der Waals surface area contributed by atoms with Crippen LogP contribution in [0.4, 0.5) is 0 Å². The number of phenols is 1. The Morgan fingerprint density at radius 3 is 1.91 bits per heavy atom. The molecule has 0 unspecified atom stereocenters. The molecule has 0 amide bonds. The van der Waals surface area contributed by atoms with Gasteiger partial charge in [0.1, 0.15) is 10.6 Å². The largest absolute Gasteiger partial charge is 0.506 e. The lowest BCUT2D eigenvalue weighted by atomic mass is 10.1. The highest BCUT2D eigenvalue weighted by Gasteiger charge is 2.23. The van der Waals surface area contributed by atoms with E-state index in [9.17, 15) is 13.5 Å². The molecule has 3 rings (SSSR count). The van der Waals surface area contributed by atoms with Gasteiger partial charge < -0.3 is 5.11 Å². The lowest BCUT2D eigenvalue weighted by Crippen LogP contribution is -2.02. The van der Waals surface area contributed by atoms with Gasteiger partial charge in [0.25, 0.3) is 0 Å². The zero-order chi connectivity index (χ0) is 15.6. The number of para-hydroxylation sites is 1. The van der Waals surface area contributed by atoms with E-state index in [4.69, 9.17) is 0 Å². The predicted molar refractivity (Wildman–Crippen MR) is 85.4 cm³/mol. The summed E-state index contributed by atoms with van der Waals surface area (Å²) in [6.07, 6.45) is 0. The molecular formula is C18H14O3S. The molecule has 0 spiro atoms. The number of hydrogen-bond donors (Lipinski definition) is 1. The Balaban J connectivity index is 2.18. The van der Waals surface area contributed by atoms with Gasteiger partial charge in [-0.2, -0.15) is 0 Å². The van der Waals surface area contributed by atoms with E-state index in [1.165, 1.54) is 18.2 Å². The normalized spacial score (nSPS) is 11.3. The molecule has 0 heterocycles. The minimum Gasteiger partial charge on any atom is -0.506 e. The molecule has 0 saturated carbocycles. The third-order valence-corrected chi connectivity index (χ3v) is 5.23. The van der Waals surface area contributed by atoms with Crippen LogP contribution in [0.25, 0.3) is 11.1 Å². The molecule has 4 heteroatoms. The number of hydrogen-bond acceptors (Lipinski definition) is 3. The van der Waals surface area contributed by atoms with Crippen molar-refractivity contribution in [2.45, 2.75) is 9.79 Å². The summed E-state index contributed by atoms with van der Waals surface area (Å²) in [6.45, 7) is 0. The molecule has 1 N–H and O–H groups in total. The summed E-state index contributed by atoms with van der Waals surface area (Å²) in [4.78, 5) is 0.0792. The van der Waals surface area contributed by atoms with E-state index in [0.717, 1.165) is 5.56 Å². The minimum absolute atomic E-state index is 0.0833. The third-order valence-electron chi connectivity index (χ3n) is 3.43. The summed E-state index contributed by atoms with van der Waals surface area (Å²) in [5.74, 6) is -0.224. The topological polar surface area (TPSA) is 54.4 Å². The maximum Gasteiger partial charge on any atom is 0.210 e. The van der Waals surface area contributed by atoms with Gasteiger partial charge in [0.05, 0.1) is 4.90 Å². The van der Waals surface area contributed by atoms with Crippen LogP contribution in [0, 0.1) is 0 Å². The highest BCUT2D eigenvalue weighted by molar-refractivity contribution is 7.91. The lowest BCUT2D eigenvalue weighted by molar-refractivity contribution is 0.461. The van der Waals surface area contributed by atoms with Crippen LogP contribution < -0.4 is 0 Å². The summed E-state index contributed by atoms with van der Waals surface area (Å²) in [7, 11) is -3.75. The second kappa shape index (κ2) is 5.66. The van der Waals surface area contributed by atoms with Crippen molar-refractivity contribution >= 4 is 9.84 Å². The van der Waals surface area contributed by atoms with Gasteiger partial charge in [-0.1, -0.05) is 60.7 Å². The Bertz CT molecular complexity index is 886. The fraction of sp³-hybridized carbons (Fsp3) is 0. The van der Waals surface area contributed by atoms with Crippen molar-refractivity contribution in [3.05, 3.63) is 78.9 Å². The average molecular weight is 310 g/mol. The fourth-order valence-electron chi connectivity index (χ4n) is 2.32. The molecule has 0 aliphatic rings. The summed E-state index contributed by atoms with van der Waals surface area (Å²) < 4.78 is 25.4. The Labute approximate surface area is 129 Å². The molecule has 3 aromatic rings. The van der Waals surface area contributed by atoms with Gasteiger partial charge in [-0.15, -0.1) is 0 Å². The zero-order valence-electron chi connectivity index (χ0n) is 11.7. The first-order valence-electron chi connectivity index (χ1n) is 6.78. The van der Waals surface area contributed by atoms with Crippen molar-refractivity contribution < 1.29 is 13.5 Å². The maximum atomic E-state index is 12.7. The van der Waals surface area contributed by atoms with Crippen LogP contribution in [-0.2, 0) is 9.84 Å². The Kier molecular flexibility index (Phi) is 3.69. The monoisotopic (exact) mass is 310 g/mol. The SMILES string of the molecule is O=S(=O)(c1ccccc1)c1cccc(-c2ccccc2)c1O. The molecule has 0 fully saturated rings. The highest BCUT2D eigenvalue weighted by atomic mass is 32.2. The van der Waals surface area contributed by atoms with Gasteiger partial charge in [-0.05, 0) is 23.8 Å². The Morgan fingerprint density at radius 1 is 0.682 bits per heavy atom. The zero-order valence-corrected chi connectivity index (χ0v) is 12.5. The van der Waals surface area contributed by atoms with Crippen LogP contribution >= 0.6 is 0 Å². The first kappa shape index (κ1) is 14.4. The third kappa shape index (κ3) is 2.49. The molecule has 22 heavy (non-hydrogen) atoms. The standard InChI is InChI=1S/C18H14O3S/c19-18-16(14-8-3-1-4-9-14)12-7-13-17(18)22(20,21)15-10-5-2-6-11-15/h1-13,19H. The van der Waals surface area contributed by atoms with Gasteiger partial charge >= 0.3 is 0 Å². The molecule has 0 radical (unpaired) electrons. The van der Waals surface area contributed by atoms with Crippen molar-refractivity contribution in [1.82, 2.24) is 0 Å². The van der Waals surface area contributed by atoms with Gasteiger partial charge in [-0.3, -0.25) is 0 Å². The number of aromatic hydroxyl groups is 1. The molecule has 110 valence electrons. The van der Waals surface area contributed by atoms with Gasteiger partial charge in [0, 0.05) is 5.56 Å². The molecule has 0 saturated heterocycles. The molecule has 0 bridgehead atoms. The molecule has 0 atom stereocenters. The fourth-order valence-corrected chi connectivity index (χ4v) is 3.71. The molecule has 0 aliphatic carbocycles. The van der Waals surface area contributed by atoms with Crippen molar-refractivity contribution in [2.24, 2.45) is 0 Å². The summed E-state index contributed by atoms with van der Waals surface area (Å²) in [5.41, 5.74) is 1.27. The van der Waals surface area contributed by atoms with Gasteiger partial charge in [0.15, 0.2) is 0 Å². The minimum atomic E-state index is -3.75. The van der Waals surface area contributed by atoms with E-state index in [-0.39, 0.29) is 15.5 Å². The van der Waals surface area contributed by atoms with Gasteiger partial charge in [0.2, 0.25) is 9.84 Å². The van der Waals surface area contributed by atoms with E-state index in [1.54, 1.807) is 30.3 Å². The van der Waals surface area contributed by atoms with Crippen molar-refractivity contribution in [3.63, 3.8) is 0 Å². The van der Waals surface area contributed by atoms with Crippen LogP contribution in [0.5, 0.6) is 5.75 Å². The van der Waals surface area contributed by atoms with Crippen LogP contribution in [-0.4, -0.2) is 13.5 Å². The summed E-state index contributed by atoms with van der Waals surface area (Å²) in [6, 6.07) is 22.1. The second-order valence-corrected chi connectivity index (χ2v) is 6.75. The number of rotatable bonds is 3. The summed E-state index contributed by atoms with van der Waals surface area (Å²) in [5, 5.41) is 10.5. The number of phenolic OH excluding ortho intramolecular Hbond substituents is 1. The lowest BCUT2D eigenvalue weighted by Gasteiger charge is -2.11. The molecular weight excluding hydrogens is 296 g/mol. The van der Waals surface area contributed by atoms with E-state index in [0.29, 0.717) is 5.56 Å². The molecule has 0 aromatic heterocycles. The smallest absolute Gasteiger partial charge is 0.210 e. The van der Waals surface area contributed by atoms with Crippen LogP contribution in [0.15, 0.2) is 88.7 Å². The quantitative estimate of drug-likeness (QED) is 0.798. The van der Waals surface area contributed by atoms with Gasteiger partial charge in [-0.25, -0.2) is 8.42 Å². The highest BCUT2D eigenvalue weighted by Crippen LogP contribution is 2.36. The van der Waals surface area contributed by atoms with Crippen LogP contribution in [0.3, 0.4) is 0 Å². The molecule has 3 aromatic carbocycles. The van der Waals surface area contributed by atoms with E-state index < -0.39 is 9.84 Å². The molecule has 3 nitrogen and oxygen atoms in total. The predicted octanol–water partition coefficient (Wildman–Crippen LogP) is 3.89. The van der Waals surface area contributed by atoms with E-state index in [1.807, 2.05) is 30.3 Å². The molecule has 0 aliphatic heterocycles. The first-order valence-corrected chi connectivity index (χ1v) is 8.26. The first-order chi connectivity index (χ1) is 10.6. The van der Waals surface area contributed by atoms with Crippen LogP contribution in [0.1, 0.15) is 0 Å². The average Bonchev–Trinajstić information content (AvgIpc) is 2.56. The van der Waals surface area contributed by atoms with Crippen molar-refractivity contribution in [1.29, 1.82) is 0 Å². The van der Waals surface area contributed by atoms with Crippen LogP contribution in [0.2, 0.25) is 0 Å². The Morgan fingerprint density at radius 2 is 1.27 bits per heavy atom. The number of benzene rings is 3. The van der Waals surface area contributed by atoms with Crippen molar-refractivity contribution in [2.75, 3.05) is 0 Å². The van der Waals surface area contributed by atoms with E-state index in [2.05, 4.69) is 0 Å². The second-order valence-electron chi connectivity index (χ2n) is 4.83. The Hall–Kier alpha value is -2.59. The summed E-state index contributed by atoms with van der Waals surface area (Å²) >= 11 is 0. The van der Waals surface area contributed by atoms with Crippen molar-refractivity contribution in [3.8, 4) is 16.9 Å². The number of sulfone groups is 1. The maximum absolute atomic E-state index is 12.7. The van der Waals surface area contributed by atoms with E-state index >= 15 is 0 Å².